The first-order valence-corrected chi connectivity index (χ1v) is 12.3. The molecular weight excluding hydrogens is 512 g/mol. The van der Waals surface area contributed by atoms with Crippen molar-refractivity contribution >= 4 is 57.8 Å². The summed E-state index contributed by atoms with van der Waals surface area (Å²) in [5.74, 6) is 0.478. The Morgan fingerprint density at radius 1 is 1.11 bits per heavy atom. The molecule has 0 spiro atoms. The molecule has 3 aromatic carbocycles. The van der Waals surface area contributed by atoms with Gasteiger partial charge in [0.15, 0.2) is 5.11 Å². The van der Waals surface area contributed by atoms with Gasteiger partial charge in [-0.1, -0.05) is 35.9 Å². The van der Waals surface area contributed by atoms with Crippen molar-refractivity contribution < 1.29 is 19.1 Å². The molecule has 0 aliphatic carbocycles. The minimum absolute atomic E-state index is 0.144. The average Bonchev–Trinajstić information content (AvgIpc) is 2.90. The summed E-state index contributed by atoms with van der Waals surface area (Å²) < 4.78 is 10.6. The number of hydrogen-bond acceptors (Lipinski definition) is 5. The van der Waals surface area contributed by atoms with Crippen LogP contribution in [0.2, 0.25) is 5.02 Å². The largest absolute Gasteiger partial charge is 0.497 e. The number of benzene rings is 3. The van der Waals surface area contributed by atoms with Crippen LogP contribution in [0, 0.1) is 6.92 Å². The van der Waals surface area contributed by atoms with Crippen molar-refractivity contribution in [1.82, 2.24) is 5.32 Å². The van der Waals surface area contributed by atoms with E-state index in [2.05, 4.69) is 16.0 Å². The summed E-state index contributed by atoms with van der Waals surface area (Å²) in [6.07, 6.45) is -0.144. The lowest BCUT2D eigenvalue weighted by atomic mass is 10.0. The predicted molar refractivity (Wildman–Crippen MR) is 150 cm³/mol. The molecule has 3 aromatic rings. The van der Waals surface area contributed by atoms with Crippen LogP contribution in [0.3, 0.4) is 0 Å². The number of amides is 2. The SMILES string of the molecule is COc1ccc(CNC(=S)N2c3ccccc3NC(=O)[C@H]2CC(=O)Nc2cc(C)c(Cl)cc2OC)cc1. The molecule has 192 valence electrons. The van der Waals surface area contributed by atoms with Crippen molar-refractivity contribution in [3.05, 3.63) is 76.8 Å². The lowest BCUT2D eigenvalue weighted by molar-refractivity contribution is -0.122. The molecule has 2 amide bonds. The molecule has 1 heterocycles. The molecule has 4 rings (SSSR count). The summed E-state index contributed by atoms with van der Waals surface area (Å²) in [4.78, 5) is 28.0. The Bertz CT molecular complexity index is 1330. The van der Waals surface area contributed by atoms with Crippen LogP contribution < -0.4 is 30.3 Å². The normalized spacial score (nSPS) is 14.3. The van der Waals surface area contributed by atoms with E-state index in [1.54, 1.807) is 30.2 Å². The molecule has 3 N–H and O–H groups in total. The molecule has 0 saturated carbocycles. The molecule has 1 aliphatic rings. The number of methoxy groups -OCH3 is 2. The number of ether oxygens (including phenoxy) is 2. The van der Waals surface area contributed by atoms with Crippen LogP contribution in [0.1, 0.15) is 17.5 Å². The Balaban J connectivity index is 1.55. The second-order valence-electron chi connectivity index (χ2n) is 8.45. The molecule has 0 saturated heterocycles. The highest BCUT2D eigenvalue weighted by atomic mass is 35.5. The van der Waals surface area contributed by atoms with E-state index in [0.717, 1.165) is 16.9 Å². The minimum Gasteiger partial charge on any atom is -0.497 e. The zero-order valence-corrected chi connectivity index (χ0v) is 22.2. The molecule has 1 atom stereocenters. The first kappa shape index (κ1) is 26.2. The van der Waals surface area contributed by atoms with E-state index in [4.69, 9.17) is 33.3 Å². The number of para-hydroxylation sites is 2. The molecule has 37 heavy (non-hydrogen) atoms. The van der Waals surface area contributed by atoms with Crippen molar-refractivity contribution in [3.63, 3.8) is 0 Å². The number of anilines is 3. The fourth-order valence-corrected chi connectivity index (χ4v) is 4.49. The smallest absolute Gasteiger partial charge is 0.248 e. The monoisotopic (exact) mass is 538 g/mol. The third-order valence-corrected chi connectivity index (χ3v) is 6.74. The molecule has 0 radical (unpaired) electrons. The third kappa shape index (κ3) is 5.95. The zero-order valence-electron chi connectivity index (χ0n) is 20.6. The topological polar surface area (TPSA) is 91.9 Å². The summed E-state index contributed by atoms with van der Waals surface area (Å²) in [5, 5.41) is 9.81. The summed E-state index contributed by atoms with van der Waals surface area (Å²) in [7, 11) is 3.11. The van der Waals surface area contributed by atoms with E-state index in [1.165, 1.54) is 7.11 Å². The quantitative estimate of drug-likeness (QED) is 0.369. The summed E-state index contributed by atoms with van der Waals surface area (Å²) in [6, 6.07) is 17.4. The van der Waals surface area contributed by atoms with E-state index < -0.39 is 6.04 Å². The fraction of sp³-hybridized carbons (Fsp3) is 0.222. The predicted octanol–water partition coefficient (Wildman–Crippen LogP) is 4.90. The summed E-state index contributed by atoms with van der Waals surface area (Å²) in [5.41, 5.74) is 3.56. The summed E-state index contributed by atoms with van der Waals surface area (Å²) >= 11 is 11.9. The first-order valence-electron chi connectivity index (χ1n) is 11.5. The van der Waals surface area contributed by atoms with Crippen LogP contribution in [0.25, 0.3) is 0 Å². The van der Waals surface area contributed by atoms with Crippen LogP contribution in [-0.4, -0.2) is 37.2 Å². The number of rotatable bonds is 7. The number of thiocarbonyl (C=S) groups is 1. The number of nitrogens with one attached hydrogen (secondary N) is 3. The van der Waals surface area contributed by atoms with Crippen molar-refractivity contribution in [2.45, 2.75) is 25.9 Å². The molecule has 8 nitrogen and oxygen atoms in total. The standard InChI is InChI=1S/C27H27ClN4O4S/c1-16-12-21(24(36-3)13-19(16)28)30-25(33)14-23-26(34)31-20-6-4-5-7-22(20)32(23)27(37)29-15-17-8-10-18(35-2)11-9-17/h4-13,23H,14-15H2,1-3H3,(H,29,37)(H,30,33)(H,31,34)/t23-/m1/s1. The van der Waals surface area contributed by atoms with Gasteiger partial charge < -0.3 is 30.3 Å². The third-order valence-electron chi connectivity index (χ3n) is 5.99. The van der Waals surface area contributed by atoms with Crippen LogP contribution in [0.5, 0.6) is 11.5 Å². The number of fused-ring (bicyclic) bond motifs is 1. The van der Waals surface area contributed by atoms with Gasteiger partial charge in [-0.3, -0.25) is 9.59 Å². The van der Waals surface area contributed by atoms with Gasteiger partial charge >= 0.3 is 0 Å². The Kier molecular flexibility index (Phi) is 8.15. The molecule has 0 aromatic heterocycles. The van der Waals surface area contributed by atoms with Gasteiger partial charge in [-0.2, -0.15) is 0 Å². The van der Waals surface area contributed by atoms with Crippen molar-refractivity contribution in [2.24, 2.45) is 0 Å². The van der Waals surface area contributed by atoms with Crippen LogP contribution in [0.4, 0.5) is 17.1 Å². The van der Waals surface area contributed by atoms with Gasteiger partial charge in [-0.15, -0.1) is 0 Å². The zero-order chi connectivity index (χ0) is 26.5. The van der Waals surface area contributed by atoms with E-state index >= 15 is 0 Å². The maximum atomic E-state index is 13.2. The average molecular weight is 539 g/mol. The van der Waals surface area contributed by atoms with E-state index in [1.807, 2.05) is 49.4 Å². The maximum Gasteiger partial charge on any atom is 0.248 e. The Morgan fingerprint density at radius 2 is 1.84 bits per heavy atom. The molecule has 1 aliphatic heterocycles. The second kappa shape index (κ2) is 11.5. The van der Waals surface area contributed by atoms with Gasteiger partial charge in [0.05, 0.1) is 37.7 Å². The Hall–Kier alpha value is -3.82. The van der Waals surface area contributed by atoms with Crippen molar-refractivity contribution in [3.8, 4) is 11.5 Å². The van der Waals surface area contributed by atoms with Gasteiger partial charge in [0, 0.05) is 17.6 Å². The van der Waals surface area contributed by atoms with Gasteiger partial charge in [-0.05, 0) is 60.6 Å². The lowest BCUT2D eigenvalue weighted by Gasteiger charge is -2.38. The van der Waals surface area contributed by atoms with E-state index in [9.17, 15) is 9.59 Å². The Morgan fingerprint density at radius 3 is 2.54 bits per heavy atom. The number of carbonyl (C=O) groups excluding carboxylic acids is 2. The van der Waals surface area contributed by atoms with Crippen molar-refractivity contribution in [2.75, 3.05) is 29.8 Å². The lowest BCUT2D eigenvalue weighted by Crippen LogP contribution is -2.55. The van der Waals surface area contributed by atoms with Gasteiger partial charge in [0.1, 0.15) is 17.5 Å². The number of halogens is 1. The maximum absolute atomic E-state index is 13.2. The number of nitrogens with zero attached hydrogens (tertiary/aromatic N) is 1. The highest BCUT2D eigenvalue weighted by Gasteiger charge is 2.36. The van der Waals surface area contributed by atoms with E-state index in [-0.39, 0.29) is 18.2 Å². The minimum atomic E-state index is -0.870. The van der Waals surface area contributed by atoms with Gasteiger partial charge in [-0.25, -0.2) is 0 Å². The first-order chi connectivity index (χ1) is 17.8. The molecular formula is C27H27ClN4O4S. The van der Waals surface area contributed by atoms with E-state index in [0.29, 0.717) is 39.5 Å². The van der Waals surface area contributed by atoms with Crippen LogP contribution in [-0.2, 0) is 16.1 Å². The van der Waals surface area contributed by atoms with Gasteiger partial charge in [0.2, 0.25) is 11.8 Å². The van der Waals surface area contributed by atoms with Gasteiger partial charge in [0.25, 0.3) is 0 Å². The molecule has 10 heteroatoms. The molecule has 0 unspecified atom stereocenters. The van der Waals surface area contributed by atoms with Crippen LogP contribution in [0.15, 0.2) is 60.7 Å². The number of hydrogen-bond donors (Lipinski definition) is 3. The fourth-order valence-electron chi connectivity index (χ4n) is 4.04. The second-order valence-corrected chi connectivity index (χ2v) is 9.25. The molecule has 0 bridgehead atoms. The highest BCUT2D eigenvalue weighted by Crippen LogP contribution is 2.34. The Labute approximate surface area is 225 Å². The number of carbonyl (C=O) groups is 2. The van der Waals surface area contributed by atoms with Crippen LogP contribution >= 0.6 is 23.8 Å². The highest BCUT2D eigenvalue weighted by molar-refractivity contribution is 7.80. The summed E-state index contributed by atoms with van der Waals surface area (Å²) in [6.45, 7) is 2.26. The number of aryl methyl sites for hydroxylation is 1. The van der Waals surface area contributed by atoms with Crippen molar-refractivity contribution in [1.29, 1.82) is 0 Å². The molecule has 0 fully saturated rings.